The highest BCUT2D eigenvalue weighted by Crippen LogP contribution is 2.59. The van der Waals surface area contributed by atoms with E-state index in [1.165, 1.54) is 38.2 Å². The Labute approximate surface area is 207 Å². The third-order valence-electron chi connectivity index (χ3n) is 9.62. The third-order valence-corrected chi connectivity index (χ3v) is 9.62. The minimum absolute atomic E-state index is 0.291. The number of fused-ring (bicyclic) bond motifs is 1. The largest absolute Gasteiger partial charge is 0.390 e. The van der Waals surface area contributed by atoms with Crippen molar-refractivity contribution in [2.45, 2.75) is 116 Å². The van der Waals surface area contributed by atoms with Crippen LogP contribution in [0.25, 0.3) is 0 Å². The van der Waals surface area contributed by atoms with Gasteiger partial charge in [0, 0.05) is 0 Å². The first-order valence-corrected chi connectivity index (χ1v) is 13.5. The second kappa shape index (κ2) is 10.8. The Balaban J connectivity index is 1.70. The van der Waals surface area contributed by atoms with Gasteiger partial charge in [-0.1, -0.05) is 75.3 Å². The molecule has 0 heterocycles. The summed E-state index contributed by atoms with van der Waals surface area (Å²) in [6, 6.07) is 0. The number of hydrogen-bond acceptors (Lipinski definition) is 4. The second-order valence-electron chi connectivity index (χ2n) is 11.7. The van der Waals surface area contributed by atoms with Crippen molar-refractivity contribution in [2.75, 3.05) is 0 Å². The van der Waals surface area contributed by atoms with Gasteiger partial charge < -0.3 is 20.4 Å². The molecule has 0 aromatic rings. The van der Waals surface area contributed by atoms with Crippen molar-refractivity contribution in [1.82, 2.24) is 0 Å². The fourth-order valence-electron chi connectivity index (χ4n) is 6.81. The number of rotatable bonds is 7. The van der Waals surface area contributed by atoms with E-state index in [-0.39, 0.29) is 0 Å². The van der Waals surface area contributed by atoms with Crippen LogP contribution in [-0.2, 0) is 0 Å². The zero-order valence-corrected chi connectivity index (χ0v) is 22.0. The van der Waals surface area contributed by atoms with Gasteiger partial charge in [-0.3, -0.25) is 0 Å². The highest BCUT2D eigenvalue weighted by molar-refractivity contribution is 5.27. The number of allylic oxidation sites excluding steroid dienone is 6. The smallest absolute Gasteiger partial charge is 0.114 e. The summed E-state index contributed by atoms with van der Waals surface area (Å²) in [6.45, 7) is 10.4. The maximum Gasteiger partial charge on any atom is 0.114 e. The van der Waals surface area contributed by atoms with E-state index in [4.69, 9.17) is 0 Å². The molecular formula is C30H48O4. The molecule has 34 heavy (non-hydrogen) atoms. The molecule has 0 bridgehead atoms. The van der Waals surface area contributed by atoms with Gasteiger partial charge in [0.25, 0.3) is 0 Å². The summed E-state index contributed by atoms with van der Waals surface area (Å²) in [5.41, 5.74) is 0.687. The number of aliphatic hydroxyl groups excluding tert-OH is 2. The monoisotopic (exact) mass is 472 g/mol. The summed E-state index contributed by atoms with van der Waals surface area (Å²) in [5, 5.41) is 41.3. The van der Waals surface area contributed by atoms with Gasteiger partial charge in [-0.2, -0.15) is 0 Å². The van der Waals surface area contributed by atoms with Gasteiger partial charge in [0.2, 0.25) is 0 Å². The lowest BCUT2D eigenvalue weighted by molar-refractivity contribution is -0.144. The van der Waals surface area contributed by atoms with Gasteiger partial charge in [0.05, 0.1) is 17.8 Å². The van der Waals surface area contributed by atoms with Crippen LogP contribution in [0, 0.1) is 23.2 Å². The summed E-state index contributed by atoms with van der Waals surface area (Å²) in [4.78, 5) is 0. The van der Waals surface area contributed by atoms with Gasteiger partial charge >= 0.3 is 0 Å². The lowest BCUT2D eigenvalue weighted by Crippen LogP contribution is -2.52. The summed E-state index contributed by atoms with van der Waals surface area (Å²) in [7, 11) is 0. The van der Waals surface area contributed by atoms with Crippen molar-refractivity contribution in [3.63, 3.8) is 0 Å². The van der Waals surface area contributed by atoms with Crippen molar-refractivity contribution in [1.29, 1.82) is 0 Å². The molecule has 3 unspecified atom stereocenters. The molecule has 0 amide bonds. The van der Waals surface area contributed by atoms with Crippen LogP contribution in [0.5, 0.6) is 0 Å². The average molecular weight is 473 g/mol. The lowest BCUT2D eigenvalue weighted by Gasteiger charge is -2.44. The number of hydrogen-bond donors (Lipinski definition) is 4. The Kier molecular flexibility index (Phi) is 8.72. The summed E-state index contributed by atoms with van der Waals surface area (Å²) in [5.74, 6) is 1.71. The van der Waals surface area contributed by atoms with Crippen molar-refractivity contribution < 1.29 is 20.4 Å². The molecular weight excluding hydrogens is 424 g/mol. The first-order chi connectivity index (χ1) is 16.0. The van der Waals surface area contributed by atoms with E-state index in [9.17, 15) is 20.4 Å². The maximum absolute atomic E-state index is 10.5. The zero-order chi connectivity index (χ0) is 25.1. The van der Waals surface area contributed by atoms with E-state index in [0.717, 1.165) is 24.8 Å². The topological polar surface area (TPSA) is 80.9 Å². The average Bonchev–Trinajstić information content (AvgIpc) is 3.16. The molecule has 6 atom stereocenters. The molecule has 3 saturated carbocycles. The number of aliphatic hydroxyl groups is 4. The van der Waals surface area contributed by atoms with Crippen LogP contribution in [0.1, 0.15) is 92.4 Å². The molecule has 4 nitrogen and oxygen atoms in total. The van der Waals surface area contributed by atoms with E-state index < -0.39 is 23.4 Å². The molecule has 3 aliphatic carbocycles. The standard InChI is InChI=1S/C30H48O4/c1-6-30(34,7-2)18-9-8-11-21(3)24-15-16-25-23(12-10-17-28(24,25)4)14-13-22-19-26(31)29(5,33)27(32)20-22/h8-9,11,13-14,18,21,24-27,31-34H,6-7,10,12,15-17,19-20H2,1-5H3/b11-8+,18-9+,22-13?,23-14+/t21-,24?,25?,26-,27-,28?,29?/m1/s1. The van der Waals surface area contributed by atoms with Crippen LogP contribution < -0.4 is 0 Å². The molecule has 0 aromatic carbocycles. The van der Waals surface area contributed by atoms with Crippen LogP contribution in [-0.4, -0.2) is 43.8 Å². The van der Waals surface area contributed by atoms with Crippen molar-refractivity contribution in [3.05, 3.63) is 47.6 Å². The van der Waals surface area contributed by atoms with Crippen molar-refractivity contribution in [3.8, 4) is 0 Å². The fourth-order valence-corrected chi connectivity index (χ4v) is 6.81. The van der Waals surface area contributed by atoms with Gasteiger partial charge in [0.15, 0.2) is 0 Å². The van der Waals surface area contributed by atoms with E-state index in [0.29, 0.717) is 36.0 Å². The van der Waals surface area contributed by atoms with Gasteiger partial charge in [0.1, 0.15) is 5.60 Å². The molecule has 0 radical (unpaired) electrons. The Morgan fingerprint density at radius 1 is 1.03 bits per heavy atom. The molecule has 192 valence electrons. The Morgan fingerprint density at radius 2 is 1.68 bits per heavy atom. The lowest BCUT2D eigenvalue weighted by atomic mass is 9.61. The van der Waals surface area contributed by atoms with Crippen LogP contribution in [0.4, 0.5) is 0 Å². The van der Waals surface area contributed by atoms with E-state index in [1.54, 1.807) is 0 Å². The van der Waals surface area contributed by atoms with Gasteiger partial charge in [-0.25, -0.2) is 0 Å². The van der Waals surface area contributed by atoms with Crippen LogP contribution >= 0.6 is 0 Å². The van der Waals surface area contributed by atoms with E-state index in [1.807, 2.05) is 26.0 Å². The fraction of sp³-hybridized carbons (Fsp3) is 0.733. The zero-order valence-electron chi connectivity index (χ0n) is 22.0. The molecule has 0 spiro atoms. The van der Waals surface area contributed by atoms with Crippen molar-refractivity contribution >= 4 is 0 Å². The minimum Gasteiger partial charge on any atom is -0.390 e. The molecule has 3 rings (SSSR count). The quantitative estimate of drug-likeness (QED) is 0.363. The molecule has 0 saturated heterocycles. The summed E-state index contributed by atoms with van der Waals surface area (Å²) in [6.07, 6.45) is 19.2. The first kappa shape index (κ1) is 27.4. The molecule has 0 aliphatic heterocycles. The van der Waals surface area contributed by atoms with Crippen LogP contribution in [0.2, 0.25) is 0 Å². The molecule has 3 aliphatic rings. The van der Waals surface area contributed by atoms with Gasteiger partial charge in [-0.05, 0) is 87.9 Å². The van der Waals surface area contributed by atoms with E-state index >= 15 is 0 Å². The third kappa shape index (κ3) is 5.61. The maximum atomic E-state index is 10.5. The summed E-state index contributed by atoms with van der Waals surface area (Å²) >= 11 is 0. The van der Waals surface area contributed by atoms with Gasteiger partial charge in [-0.15, -0.1) is 0 Å². The first-order valence-electron chi connectivity index (χ1n) is 13.5. The summed E-state index contributed by atoms with van der Waals surface area (Å²) < 4.78 is 0. The van der Waals surface area contributed by atoms with Crippen molar-refractivity contribution in [2.24, 2.45) is 23.2 Å². The highest BCUT2D eigenvalue weighted by atomic mass is 16.4. The normalized spacial score (nSPS) is 39.2. The minimum atomic E-state index is -1.43. The molecule has 4 N–H and O–H groups in total. The molecule has 4 heteroatoms. The Morgan fingerprint density at radius 3 is 2.29 bits per heavy atom. The predicted molar refractivity (Wildman–Crippen MR) is 139 cm³/mol. The molecule has 0 aromatic heterocycles. The predicted octanol–water partition coefficient (Wildman–Crippen LogP) is 5.62. The SMILES string of the molecule is CCC(O)(/C=C/C=C/[C@@H](C)C1CCC2/C(=C/C=C3C[C@@H](O)C(C)(O)[C@H](O)C3)CCCC21C)CC. The van der Waals surface area contributed by atoms with E-state index in [2.05, 4.69) is 38.2 Å². The van der Waals surface area contributed by atoms with Crippen LogP contribution in [0.15, 0.2) is 47.6 Å². The molecule has 3 fully saturated rings. The highest BCUT2D eigenvalue weighted by Gasteiger charge is 2.50. The second-order valence-corrected chi connectivity index (χ2v) is 11.7. The Bertz CT molecular complexity index is 800. The Hall–Kier alpha value is -1.20. The van der Waals surface area contributed by atoms with Crippen LogP contribution in [0.3, 0.4) is 0 Å².